The van der Waals surface area contributed by atoms with Crippen LogP contribution in [0.25, 0.3) is 10.1 Å². The fourth-order valence-corrected chi connectivity index (χ4v) is 3.03. The number of carbonyl (C=O) groups is 1. The molecule has 10 heteroatoms. The number of thiophene rings is 1. The molecule has 21 heavy (non-hydrogen) atoms. The maximum absolute atomic E-state index is 12.2. The number of aliphatic carboxylic acids is 1. The Kier molecular flexibility index (Phi) is 3.85. The van der Waals surface area contributed by atoms with Gasteiger partial charge in [-0.05, 0) is 34.5 Å². The van der Waals surface area contributed by atoms with E-state index in [1.165, 1.54) is 6.07 Å². The number of hydrogen-bond donors (Lipinski definition) is 1. The number of benzene rings is 1. The van der Waals surface area contributed by atoms with Crippen molar-refractivity contribution in [3.8, 4) is 5.75 Å². The van der Waals surface area contributed by atoms with Gasteiger partial charge < -0.3 is 9.29 Å². The molecule has 1 aromatic carbocycles. The topological polar surface area (TPSA) is 80.7 Å². The van der Waals surface area contributed by atoms with Gasteiger partial charge in [-0.25, -0.2) is 0 Å². The standard InChI is InChI=1S/C11H7F3O5S2/c12-11(13,14)21(17,18)19-7-1-2-8-6(3-10(15)16)5-20-9(8)4-7/h1-2,4-5H,3H2,(H,15,16). The van der Waals surface area contributed by atoms with E-state index in [2.05, 4.69) is 4.18 Å². The maximum Gasteiger partial charge on any atom is 0.534 e. The van der Waals surface area contributed by atoms with E-state index in [0.717, 1.165) is 23.5 Å². The Labute approximate surface area is 120 Å². The third-order valence-electron chi connectivity index (χ3n) is 2.46. The van der Waals surface area contributed by atoms with Gasteiger partial charge in [0.05, 0.1) is 6.42 Å². The highest BCUT2D eigenvalue weighted by Gasteiger charge is 2.48. The van der Waals surface area contributed by atoms with E-state index >= 15 is 0 Å². The van der Waals surface area contributed by atoms with Crippen molar-refractivity contribution in [1.82, 2.24) is 0 Å². The van der Waals surface area contributed by atoms with E-state index in [9.17, 15) is 26.4 Å². The van der Waals surface area contributed by atoms with E-state index in [4.69, 9.17) is 5.11 Å². The van der Waals surface area contributed by atoms with Gasteiger partial charge in [0.15, 0.2) is 0 Å². The first-order valence-electron chi connectivity index (χ1n) is 5.33. The number of hydrogen-bond acceptors (Lipinski definition) is 5. The second-order valence-electron chi connectivity index (χ2n) is 3.97. The minimum atomic E-state index is -5.72. The molecule has 0 aliphatic rings. The molecule has 2 aromatic rings. The Balaban J connectivity index is 2.35. The summed E-state index contributed by atoms with van der Waals surface area (Å²) in [5, 5.41) is 10.8. The quantitative estimate of drug-likeness (QED) is 0.684. The lowest BCUT2D eigenvalue weighted by Gasteiger charge is -2.09. The van der Waals surface area contributed by atoms with Crippen LogP contribution in [0.4, 0.5) is 13.2 Å². The lowest BCUT2D eigenvalue weighted by atomic mass is 10.1. The minimum absolute atomic E-state index is 0.235. The third kappa shape index (κ3) is 3.27. The molecule has 5 nitrogen and oxygen atoms in total. The molecule has 2 rings (SSSR count). The Morgan fingerprint density at radius 1 is 1.33 bits per heavy atom. The van der Waals surface area contributed by atoms with Crippen molar-refractivity contribution in [3.05, 3.63) is 29.1 Å². The van der Waals surface area contributed by atoms with E-state index in [1.54, 1.807) is 5.38 Å². The van der Waals surface area contributed by atoms with Crippen LogP contribution in [-0.4, -0.2) is 25.0 Å². The van der Waals surface area contributed by atoms with Gasteiger partial charge in [-0.15, -0.1) is 11.3 Å². The van der Waals surface area contributed by atoms with Crippen molar-refractivity contribution in [2.75, 3.05) is 0 Å². The summed E-state index contributed by atoms with van der Waals surface area (Å²) < 4.78 is 62.8. The molecule has 0 radical (unpaired) electrons. The van der Waals surface area contributed by atoms with Gasteiger partial charge in [0.2, 0.25) is 0 Å². The normalized spacial score (nSPS) is 12.5. The highest BCUT2D eigenvalue weighted by molar-refractivity contribution is 7.88. The zero-order chi connectivity index (χ0) is 15.8. The van der Waals surface area contributed by atoms with Gasteiger partial charge >= 0.3 is 21.6 Å². The number of carboxylic acids is 1. The molecule has 0 spiro atoms. The van der Waals surface area contributed by atoms with E-state index in [-0.39, 0.29) is 6.42 Å². The molecule has 0 aliphatic carbocycles. The zero-order valence-corrected chi connectivity index (χ0v) is 11.7. The van der Waals surface area contributed by atoms with Gasteiger partial charge in [-0.2, -0.15) is 21.6 Å². The van der Waals surface area contributed by atoms with Crippen LogP contribution in [0.1, 0.15) is 5.56 Å². The molecule has 0 atom stereocenters. The van der Waals surface area contributed by atoms with E-state index in [1.807, 2.05) is 0 Å². The molecule has 0 saturated heterocycles. The van der Waals surface area contributed by atoms with Crippen molar-refractivity contribution < 1.29 is 35.7 Å². The smallest absolute Gasteiger partial charge is 0.481 e. The van der Waals surface area contributed by atoms with Crippen LogP contribution in [0.5, 0.6) is 5.75 Å². The first-order chi connectivity index (χ1) is 9.60. The molecule has 0 aliphatic heterocycles. The van der Waals surface area contributed by atoms with Crippen molar-refractivity contribution in [2.45, 2.75) is 11.9 Å². The fraction of sp³-hybridized carbons (Fsp3) is 0.182. The second kappa shape index (κ2) is 5.19. The maximum atomic E-state index is 12.2. The van der Waals surface area contributed by atoms with Crippen molar-refractivity contribution in [1.29, 1.82) is 0 Å². The van der Waals surface area contributed by atoms with Crippen molar-refractivity contribution in [3.63, 3.8) is 0 Å². The second-order valence-corrected chi connectivity index (χ2v) is 6.42. The number of alkyl halides is 3. The van der Waals surface area contributed by atoms with Gasteiger partial charge in [0, 0.05) is 4.70 Å². The molecular formula is C11H7F3O5S2. The Morgan fingerprint density at radius 2 is 2.00 bits per heavy atom. The van der Waals surface area contributed by atoms with Crippen LogP contribution in [0.3, 0.4) is 0 Å². The van der Waals surface area contributed by atoms with Gasteiger partial charge in [-0.1, -0.05) is 0 Å². The van der Waals surface area contributed by atoms with Crippen LogP contribution in [0.15, 0.2) is 23.6 Å². The number of rotatable bonds is 4. The highest BCUT2D eigenvalue weighted by atomic mass is 32.2. The summed E-state index contributed by atoms with van der Waals surface area (Å²) >= 11 is 1.08. The van der Waals surface area contributed by atoms with Crippen molar-refractivity contribution in [2.24, 2.45) is 0 Å². The minimum Gasteiger partial charge on any atom is -0.481 e. The summed E-state index contributed by atoms with van der Waals surface area (Å²) in [6.07, 6.45) is -0.235. The average molecular weight is 340 g/mol. The van der Waals surface area contributed by atoms with Gasteiger partial charge in [0.25, 0.3) is 0 Å². The first kappa shape index (κ1) is 15.6. The summed E-state index contributed by atoms with van der Waals surface area (Å²) in [5.74, 6) is -1.53. The summed E-state index contributed by atoms with van der Waals surface area (Å²) in [6, 6.07) is 3.49. The summed E-state index contributed by atoms with van der Waals surface area (Å²) in [5.41, 5.74) is -5.01. The molecule has 0 fully saturated rings. The first-order valence-corrected chi connectivity index (χ1v) is 7.61. The zero-order valence-electron chi connectivity index (χ0n) is 10.0. The predicted octanol–water partition coefficient (Wildman–Crippen LogP) is 2.76. The third-order valence-corrected chi connectivity index (χ3v) is 4.43. The molecular weight excluding hydrogens is 333 g/mol. The van der Waals surface area contributed by atoms with Crippen LogP contribution >= 0.6 is 11.3 Å². The molecule has 0 unspecified atom stereocenters. The Bertz CT molecular complexity index is 792. The fourth-order valence-electron chi connectivity index (χ4n) is 1.59. The monoisotopic (exact) mass is 340 g/mol. The summed E-state index contributed by atoms with van der Waals surface area (Å²) in [4.78, 5) is 10.7. The molecule has 1 N–H and O–H groups in total. The molecule has 0 bridgehead atoms. The number of fused-ring (bicyclic) bond motifs is 1. The van der Waals surface area contributed by atoms with Gasteiger partial charge in [-0.3, -0.25) is 4.79 Å². The molecule has 1 heterocycles. The average Bonchev–Trinajstić information content (AvgIpc) is 2.69. The highest BCUT2D eigenvalue weighted by Crippen LogP contribution is 2.32. The van der Waals surface area contributed by atoms with Crippen LogP contribution < -0.4 is 4.18 Å². The molecule has 114 valence electrons. The molecule has 0 amide bonds. The number of carboxylic acid groups (broad SMARTS) is 1. The summed E-state index contributed by atoms with van der Waals surface area (Å²) in [7, 11) is -5.72. The summed E-state index contributed by atoms with van der Waals surface area (Å²) in [6.45, 7) is 0. The largest absolute Gasteiger partial charge is 0.534 e. The lowest BCUT2D eigenvalue weighted by molar-refractivity contribution is -0.136. The Hall–Kier alpha value is -1.81. The predicted molar refractivity (Wildman–Crippen MR) is 68.8 cm³/mol. The number of halogens is 3. The lowest BCUT2D eigenvalue weighted by Crippen LogP contribution is -2.28. The Morgan fingerprint density at radius 3 is 2.57 bits per heavy atom. The van der Waals surface area contributed by atoms with E-state index < -0.39 is 27.3 Å². The van der Waals surface area contributed by atoms with Crippen molar-refractivity contribution >= 4 is 37.5 Å². The van der Waals surface area contributed by atoms with E-state index in [0.29, 0.717) is 15.6 Å². The van der Waals surface area contributed by atoms with Crippen LogP contribution in [0.2, 0.25) is 0 Å². The van der Waals surface area contributed by atoms with Gasteiger partial charge in [0.1, 0.15) is 5.75 Å². The van der Waals surface area contributed by atoms with Crippen LogP contribution in [-0.2, 0) is 21.3 Å². The molecule has 1 aromatic heterocycles. The molecule has 0 saturated carbocycles. The SMILES string of the molecule is O=C(O)Cc1csc2cc(OS(=O)(=O)C(F)(F)F)ccc12. The van der Waals surface area contributed by atoms with Crippen LogP contribution in [0, 0.1) is 0 Å².